The average Bonchev–Trinajstić information content (AvgIpc) is 3.02. The minimum absolute atomic E-state index is 0.0808. The Bertz CT molecular complexity index is 888. The molecule has 3 rings (SSSR count). The first kappa shape index (κ1) is 22.3. The van der Waals surface area contributed by atoms with Crippen molar-refractivity contribution in [2.45, 2.75) is 73.5 Å². The van der Waals surface area contributed by atoms with E-state index < -0.39 is 29.5 Å². The van der Waals surface area contributed by atoms with Crippen molar-refractivity contribution in [3.8, 4) is 0 Å². The summed E-state index contributed by atoms with van der Waals surface area (Å²) < 4.78 is 17.4. The zero-order valence-electron chi connectivity index (χ0n) is 18.9. The standard InChI is InChI=1S/C24H32O6/c1-12(2)10-17(25)29-16-9-8-15(6)24(7)19(16)20(26)21-18(14(5)11-28-21)22(24)30-23(27)13(3)4/h10-11,13,15-16,19,22H,8-9H2,1-7H3/t15-,16-,19?,22+,24+/m0/s1. The van der Waals surface area contributed by atoms with Crippen molar-refractivity contribution in [1.82, 2.24) is 0 Å². The molecule has 5 atom stereocenters. The summed E-state index contributed by atoms with van der Waals surface area (Å²) in [6.07, 6.45) is 3.07. The van der Waals surface area contributed by atoms with Crippen LogP contribution < -0.4 is 0 Å². The molecule has 1 aromatic heterocycles. The predicted molar refractivity (Wildman–Crippen MR) is 111 cm³/mol. The van der Waals surface area contributed by atoms with Gasteiger partial charge in [-0.3, -0.25) is 9.59 Å². The molecule has 0 spiro atoms. The maximum atomic E-state index is 13.6. The molecule has 0 saturated heterocycles. The number of fused-ring (bicyclic) bond motifs is 2. The Kier molecular flexibility index (Phi) is 5.99. The van der Waals surface area contributed by atoms with Crippen molar-refractivity contribution in [3.05, 3.63) is 34.8 Å². The number of furan rings is 1. The third-order valence-corrected chi connectivity index (χ3v) is 6.72. The second-order valence-corrected chi connectivity index (χ2v) is 9.52. The van der Waals surface area contributed by atoms with Crippen LogP contribution in [-0.4, -0.2) is 23.8 Å². The number of esters is 2. The van der Waals surface area contributed by atoms with Crippen molar-refractivity contribution >= 4 is 17.7 Å². The van der Waals surface area contributed by atoms with Crippen molar-refractivity contribution in [2.24, 2.45) is 23.2 Å². The molecule has 30 heavy (non-hydrogen) atoms. The Hall–Kier alpha value is -2.37. The van der Waals surface area contributed by atoms with Gasteiger partial charge in [0.2, 0.25) is 5.78 Å². The van der Waals surface area contributed by atoms with Gasteiger partial charge in [-0.2, -0.15) is 0 Å². The van der Waals surface area contributed by atoms with Crippen LogP contribution in [0.4, 0.5) is 0 Å². The Morgan fingerprint density at radius 3 is 2.50 bits per heavy atom. The fourth-order valence-corrected chi connectivity index (χ4v) is 4.88. The zero-order chi connectivity index (χ0) is 22.4. The van der Waals surface area contributed by atoms with Gasteiger partial charge in [-0.1, -0.05) is 33.3 Å². The van der Waals surface area contributed by atoms with Crippen molar-refractivity contribution < 1.29 is 28.3 Å². The Morgan fingerprint density at radius 1 is 1.23 bits per heavy atom. The highest BCUT2D eigenvalue weighted by Gasteiger charge is 2.62. The van der Waals surface area contributed by atoms with Gasteiger partial charge in [0.15, 0.2) is 5.76 Å². The quantitative estimate of drug-likeness (QED) is 0.510. The first-order valence-corrected chi connectivity index (χ1v) is 10.7. The summed E-state index contributed by atoms with van der Waals surface area (Å²) >= 11 is 0. The van der Waals surface area contributed by atoms with Crippen LogP contribution in [-0.2, 0) is 19.1 Å². The van der Waals surface area contributed by atoms with E-state index in [0.29, 0.717) is 12.0 Å². The van der Waals surface area contributed by atoms with Gasteiger partial charge in [-0.25, -0.2) is 4.79 Å². The molecule has 0 N–H and O–H groups in total. The number of carbonyl (C=O) groups excluding carboxylic acids is 3. The normalized spacial score (nSPS) is 30.3. The van der Waals surface area contributed by atoms with Gasteiger partial charge in [-0.05, 0) is 45.1 Å². The van der Waals surface area contributed by atoms with E-state index in [0.717, 1.165) is 17.6 Å². The van der Waals surface area contributed by atoms with Crippen molar-refractivity contribution in [3.63, 3.8) is 0 Å². The fraction of sp³-hybridized carbons (Fsp3) is 0.625. The molecule has 1 aromatic rings. The van der Waals surface area contributed by atoms with Crippen LogP contribution in [0.2, 0.25) is 0 Å². The summed E-state index contributed by atoms with van der Waals surface area (Å²) in [5, 5.41) is 0. The molecule has 0 amide bonds. The van der Waals surface area contributed by atoms with E-state index in [1.165, 1.54) is 12.3 Å². The Labute approximate surface area is 178 Å². The van der Waals surface area contributed by atoms with Gasteiger partial charge < -0.3 is 13.9 Å². The molecular weight excluding hydrogens is 384 g/mol. The first-order chi connectivity index (χ1) is 14.0. The lowest BCUT2D eigenvalue weighted by Gasteiger charge is -2.53. The van der Waals surface area contributed by atoms with E-state index in [9.17, 15) is 14.4 Å². The minimum atomic E-state index is -0.711. The number of allylic oxidation sites excluding steroid dienone is 1. The molecule has 1 unspecified atom stereocenters. The number of Topliss-reactive ketones (excluding diaryl/α,β-unsaturated/α-hetero) is 1. The monoisotopic (exact) mass is 416 g/mol. The third-order valence-electron chi connectivity index (χ3n) is 6.72. The summed E-state index contributed by atoms with van der Waals surface area (Å²) in [5.74, 6) is -1.60. The van der Waals surface area contributed by atoms with Crippen LogP contribution in [0.3, 0.4) is 0 Å². The third kappa shape index (κ3) is 3.61. The molecule has 2 aliphatic rings. The number of ketones is 1. The summed E-state index contributed by atoms with van der Waals surface area (Å²) in [4.78, 5) is 38.5. The fourth-order valence-electron chi connectivity index (χ4n) is 4.88. The molecule has 0 aliphatic heterocycles. The van der Waals surface area contributed by atoms with E-state index in [1.807, 2.05) is 27.7 Å². The maximum absolute atomic E-state index is 13.6. The van der Waals surface area contributed by atoms with Crippen molar-refractivity contribution in [2.75, 3.05) is 0 Å². The van der Waals surface area contributed by atoms with E-state index >= 15 is 0 Å². The largest absolute Gasteiger partial charge is 0.460 e. The highest BCUT2D eigenvalue weighted by atomic mass is 16.6. The summed E-state index contributed by atoms with van der Waals surface area (Å²) in [6, 6.07) is 0. The smallest absolute Gasteiger partial charge is 0.330 e. The molecule has 1 saturated carbocycles. The number of hydrogen-bond donors (Lipinski definition) is 0. The summed E-state index contributed by atoms with van der Waals surface area (Å²) in [5.41, 5.74) is 1.55. The molecule has 0 radical (unpaired) electrons. The second kappa shape index (κ2) is 8.05. The number of aryl methyl sites for hydroxylation is 1. The van der Waals surface area contributed by atoms with Gasteiger partial charge in [0.05, 0.1) is 18.1 Å². The molecule has 0 bridgehead atoms. The summed E-state index contributed by atoms with van der Waals surface area (Å²) in [6.45, 7) is 13.1. The van der Waals surface area contributed by atoms with E-state index in [2.05, 4.69) is 6.92 Å². The highest BCUT2D eigenvalue weighted by Crippen LogP contribution is 2.60. The molecule has 1 heterocycles. The zero-order valence-corrected chi connectivity index (χ0v) is 18.9. The van der Waals surface area contributed by atoms with Gasteiger partial charge >= 0.3 is 11.9 Å². The van der Waals surface area contributed by atoms with Gasteiger partial charge in [0, 0.05) is 17.1 Å². The van der Waals surface area contributed by atoms with Crippen LogP contribution in [0.25, 0.3) is 0 Å². The first-order valence-electron chi connectivity index (χ1n) is 10.7. The average molecular weight is 417 g/mol. The van der Waals surface area contributed by atoms with Gasteiger partial charge in [0.1, 0.15) is 12.2 Å². The summed E-state index contributed by atoms with van der Waals surface area (Å²) in [7, 11) is 0. The van der Waals surface area contributed by atoms with Crippen LogP contribution in [0, 0.1) is 30.1 Å². The topological polar surface area (TPSA) is 82.8 Å². The van der Waals surface area contributed by atoms with E-state index in [4.69, 9.17) is 13.9 Å². The molecule has 6 heteroatoms. The van der Waals surface area contributed by atoms with Gasteiger partial charge in [-0.15, -0.1) is 0 Å². The Balaban J connectivity index is 2.10. The minimum Gasteiger partial charge on any atom is -0.460 e. The van der Waals surface area contributed by atoms with Crippen LogP contribution in [0.15, 0.2) is 22.3 Å². The second-order valence-electron chi connectivity index (χ2n) is 9.52. The number of ether oxygens (including phenoxy) is 2. The molecular formula is C24H32O6. The van der Waals surface area contributed by atoms with Crippen LogP contribution in [0.5, 0.6) is 0 Å². The predicted octanol–water partition coefficient (Wildman–Crippen LogP) is 4.96. The van der Waals surface area contributed by atoms with Gasteiger partial charge in [0.25, 0.3) is 0 Å². The van der Waals surface area contributed by atoms with Crippen molar-refractivity contribution in [1.29, 1.82) is 0 Å². The SMILES string of the molecule is CC(C)=CC(=O)O[C@H]1CC[C@H](C)[C@]2(C)C1C(=O)c1occ(C)c1[C@H]2OC(=O)C(C)C. The number of hydrogen-bond acceptors (Lipinski definition) is 6. The highest BCUT2D eigenvalue weighted by molar-refractivity contribution is 6.00. The molecule has 164 valence electrons. The van der Waals surface area contributed by atoms with Crippen LogP contribution in [0.1, 0.15) is 82.2 Å². The number of carbonyl (C=O) groups is 3. The maximum Gasteiger partial charge on any atom is 0.330 e. The molecule has 6 nitrogen and oxygen atoms in total. The molecule has 0 aromatic carbocycles. The lowest BCUT2D eigenvalue weighted by Crippen LogP contribution is -2.56. The van der Waals surface area contributed by atoms with E-state index in [1.54, 1.807) is 13.8 Å². The molecule has 1 fully saturated rings. The van der Waals surface area contributed by atoms with E-state index in [-0.39, 0.29) is 29.3 Å². The Morgan fingerprint density at radius 2 is 1.90 bits per heavy atom. The lowest BCUT2D eigenvalue weighted by molar-refractivity contribution is -0.182. The number of rotatable bonds is 4. The molecule has 2 aliphatic carbocycles. The van der Waals surface area contributed by atoms with Crippen LogP contribution >= 0.6 is 0 Å². The lowest BCUT2D eigenvalue weighted by atomic mass is 9.53.